The van der Waals surface area contributed by atoms with Crippen molar-refractivity contribution in [1.29, 1.82) is 0 Å². The molecular weight excluding hydrogens is 320 g/mol. The van der Waals surface area contributed by atoms with Crippen molar-refractivity contribution in [3.8, 4) is 0 Å². The van der Waals surface area contributed by atoms with Gasteiger partial charge in [0.05, 0.1) is 32.4 Å². The van der Waals surface area contributed by atoms with Crippen LogP contribution in [0.5, 0.6) is 0 Å². The third kappa shape index (κ3) is 2.81. The molecule has 0 saturated heterocycles. The lowest BCUT2D eigenvalue weighted by Gasteiger charge is -2.16. The number of nitrogens with zero attached hydrogens (tertiary/aromatic N) is 1. The first-order chi connectivity index (χ1) is 8.09. The van der Waals surface area contributed by atoms with Gasteiger partial charge in [-0.3, -0.25) is 0 Å². The summed E-state index contributed by atoms with van der Waals surface area (Å²) in [6.07, 6.45) is 0. The third-order valence-corrected chi connectivity index (χ3v) is 5.01. The van der Waals surface area contributed by atoms with Crippen LogP contribution < -0.4 is 5.32 Å². The van der Waals surface area contributed by atoms with Crippen molar-refractivity contribution in [3.63, 3.8) is 0 Å². The lowest BCUT2D eigenvalue weighted by molar-refractivity contribution is 0.889. The average molecular weight is 332 g/mol. The molecule has 1 aromatic carbocycles. The maximum Gasteiger partial charge on any atom is 0.0798 e. The Hall–Kier alpha value is -0.580. The number of aryl methyl sites for hydroxylation is 1. The van der Waals surface area contributed by atoms with Gasteiger partial charge in [0.15, 0.2) is 0 Å². The van der Waals surface area contributed by atoms with E-state index < -0.39 is 0 Å². The predicted octanol–water partition coefficient (Wildman–Crippen LogP) is 5.04. The van der Waals surface area contributed by atoms with Crippen molar-refractivity contribution in [1.82, 2.24) is 4.98 Å². The zero-order valence-electron chi connectivity index (χ0n) is 9.50. The zero-order valence-corrected chi connectivity index (χ0v) is 12.7. The maximum absolute atomic E-state index is 6.06. The van der Waals surface area contributed by atoms with Crippen molar-refractivity contribution < 1.29 is 0 Å². The Morgan fingerprint density at radius 2 is 2.24 bits per heavy atom. The van der Waals surface area contributed by atoms with Crippen molar-refractivity contribution in [2.24, 2.45) is 0 Å². The Morgan fingerprint density at radius 1 is 1.47 bits per heavy atom. The van der Waals surface area contributed by atoms with Crippen LogP contribution in [0, 0.1) is 6.92 Å². The number of thiazole rings is 1. The number of aromatic nitrogens is 1. The molecule has 90 valence electrons. The Labute approximate surface area is 118 Å². The fourth-order valence-electron chi connectivity index (χ4n) is 1.64. The second-order valence-corrected chi connectivity index (χ2v) is 5.86. The van der Waals surface area contributed by atoms with Gasteiger partial charge in [-0.25, -0.2) is 4.98 Å². The SMILES string of the molecule is Cc1ncsc1C(C)Nc1cccc(Cl)c1Br. The molecule has 0 fully saturated rings. The minimum Gasteiger partial charge on any atom is -0.377 e. The largest absolute Gasteiger partial charge is 0.377 e. The number of rotatable bonds is 3. The van der Waals surface area contributed by atoms with Crippen molar-refractivity contribution in [2.75, 3.05) is 5.32 Å². The van der Waals surface area contributed by atoms with Crippen LogP contribution in [-0.2, 0) is 0 Å². The summed E-state index contributed by atoms with van der Waals surface area (Å²) in [5.74, 6) is 0. The number of anilines is 1. The van der Waals surface area contributed by atoms with Gasteiger partial charge in [0.25, 0.3) is 0 Å². The Bertz CT molecular complexity index is 527. The third-order valence-electron chi connectivity index (χ3n) is 2.50. The van der Waals surface area contributed by atoms with Crippen molar-refractivity contribution >= 4 is 44.6 Å². The topological polar surface area (TPSA) is 24.9 Å². The molecule has 0 aliphatic carbocycles. The number of nitrogens with one attached hydrogen (secondary N) is 1. The van der Waals surface area contributed by atoms with Crippen LogP contribution in [0.15, 0.2) is 28.2 Å². The summed E-state index contributed by atoms with van der Waals surface area (Å²) in [6.45, 7) is 4.14. The first-order valence-electron chi connectivity index (χ1n) is 5.20. The summed E-state index contributed by atoms with van der Waals surface area (Å²) in [6, 6.07) is 6.02. The van der Waals surface area contributed by atoms with Gasteiger partial charge >= 0.3 is 0 Å². The predicted molar refractivity (Wildman–Crippen MR) is 78.0 cm³/mol. The highest BCUT2D eigenvalue weighted by Crippen LogP contribution is 2.33. The normalized spacial score (nSPS) is 12.5. The van der Waals surface area contributed by atoms with E-state index in [1.807, 2.05) is 30.6 Å². The highest BCUT2D eigenvalue weighted by Gasteiger charge is 2.12. The quantitative estimate of drug-likeness (QED) is 0.852. The molecule has 0 saturated carbocycles. The second kappa shape index (κ2) is 5.38. The number of halogens is 2. The van der Waals surface area contributed by atoms with E-state index >= 15 is 0 Å². The van der Waals surface area contributed by atoms with E-state index in [-0.39, 0.29) is 6.04 Å². The molecule has 0 aliphatic heterocycles. The van der Waals surface area contributed by atoms with E-state index in [0.29, 0.717) is 5.02 Å². The number of benzene rings is 1. The van der Waals surface area contributed by atoms with Gasteiger partial charge in [-0.2, -0.15) is 0 Å². The van der Waals surface area contributed by atoms with Gasteiger partial charge < -0.3 is 5.32 Å². The molecule has 2 rings (SSSR count). The molecule has 0 bridgehead atoms. The monoisotopic (exact) mass is 330 g/mol. The smallest absolute Gasteiger partial charge is 0.0798 e. The molecule has 1 unspecified atom stereocenters. The lowest BCUT2D eigenvalue weighted by Crippen LogP contribution is -2.06. The summed E-state index contributed by atoms with van der Waals surface area (Å²) < 4.78 is 0.899. The molecule has 0 radical (unpaired) electrons. The molecule has 5 heteroatoms. The van der Waals surface area contributed by atoms with Gasteiger partial charge in [-0.15, -0.1) is 11.3 Å². The second-order valence-electron chi connectivity index (χ2n) is 3.77. The molecular formula is C12H12BrClN2S. The highest BCUT2D eigenvalue weighted by atomic mass is 79.9. The molecule has 1 heterocycles. The first kappa shape index (κ1) is 12.9. The van der Waals surface area contributed by atoms with Crippen LogP contribution >= 0.6 is 38.9 Å². The van der Waals surface area contributed by atoms with E-state index in [1.165, 1.54) is 4.88 Å². The Kier molecular flexibility index (Phi) is 4.07. The summed E-state index contributed by atoms with van der Waals surface area (Å²) >= 11 is 11.2. The molecule has 1 atom stereocenters. The summed E-state index contributed by atoms with van der Waals surface area (Å²) in [7, 11) is 0. The van der Waals surface area contributed by atoms with Gasteiger partial charge in [0.2, 0.25) is 0 Å². The van der Waals surface area contributed by atoms with Gasteiger partial charge in [-0.1, -0.05) is 17.7 Å². The molecule has 2 aromatic rings. The highest BCUT2D eigenvalue weighted by molar-refractivity contribution is 9.10. The first-order valence-corrected chi connectivity index (χ1v) is 7.25. The fourth-order valence-corrected chi connectivity index (χ4v) is 3.00. The van der Waals surface area contributed by atoms with Crippen molar-refractivity contribution in [2.45, 2.75) is 19.9 Å². The van der Waals surface area contributed by atoms with Crippen LogP contribution in [-0.4, -0.2) is 4.98 Å². The van der Waals surface area contributed by atoms with Gasteiger partial charge in [0.1, 0.15) is 0 Å². The van der Waals surface area contributed by atoms with E-state index in [2.05, 4.69) is 33.2 Å². The van der Waals surface area contributed by atoms with Crippen LogP contribution in [0.4, 0.5) is 5.69 Å². The minimum absolute atomic E-state index is 0.220. The van der Waals surface area contributed by atoms with Gasteiger partial charge in [-0.05, 0) is 41.9 Å². The van der Waals surface area contributed by atoms with Crippen molar-refractivity contribution in [3.05, 3.63) is 43.8 Å². The van der Waals surface area contributed by atoms with E-state index in [0.717, 1.165) is 15.9 Å². The average Bonchev–Trinajstić information content (AvgIpc) is 2.71. The van der Waals surface area contributed by atoms with Crippen LogP contribution in [0.1, 0.15) is 23.5 Å². The van der Waals surface area contributed by atoms with Crippen LogP contribution in [0.25, 0.3) is 0 Å². The van der Waals surface area contributed by atoms with Crippen LogP contribution in [0.3, 0.4) is 0 Å². The zero-order chi connectivity index (χ0) is 12.4. The van der Waals surface area contributed by atoms with Crippen LogP contribution in [0.2, 0.25) is 5.02 Å². The summed E-state index contributed by atoms with van der Waals surface area (Å²) in [5, 5.41) is 4.14. The molecule has 1 aromatic heterocycles. The molecule has 1 N–H and O–H groups in total. The fraction of sp³-hybridized carbons (Fsp3) is 0.250. The Balaban J connectivity index is 2.22. The van der Waals surface area contributed by atoms with Gasteiger partial charge in [0, 0.05) is 4.88 Å². The van der Waals surface area contributed by atoms with E-state index in [1.54, 1.807) is 11.3 Å². The molecule has 0 amide bonds. The summed E-state index contributed by atoms with van der Waals surface area (Å²) in [5.41, 5.74) is 3.95. The van der Waals surface area contributed by atoms with E-state index in [4.69, 9.17) is 11.6 Å². The summed E-state index contributed by atoms with van der Waals surface area (Å²) in [4.78, 5) is 5.51. The molecule has 2 nitrogen and oxygen atoms in total. The molecule has 0 aliphatic rings. The molecule has 17 heavy (non-hydrogen) atoms. The Morgan fingerprint density at radius 3 is 2.88 bits per heavy atom. The maximum atomic E-state index is 6.06. The standard InChI is InChI=1S/C12H12BrClN2S/c1-7-12(17-6-15-7)8(2)16-10-5-3-4-9(14)11(10)13/h3-6,8,16H,1-2H3. The van der Waals surface area contributed by atoms with E-state index in [9.17, 15) is 0 Å². The number of hydrogen-bond acceptors (Lipinski definition) is 3. The minimum atomic E-state index is 0.220. The molecule has 0 spiro atoms. The number of hydrogen-bond donors (Lipinski definition) is 1. The lowest BCUT2D eigenvalue weighted by atomic mass is 10.2.